The Kier molecular flexibility index (Phi) is 5.01. The van der Waals surface area contributed by atoms with Crippen molar-refractivity contribution in [2.75, 3.05) is 12.3 Å². The molecule has 1 atom stereocenters. The lowest BCUT2D eigenvalue weighted by Crippen LogP contribution is -2.44. The smallest absolute Gasteiger partial charge is 0.316 e. The summed E-state index contributed by atoms with van der Waals surface area (Å²) in [6.45, 7) is 1.39. The van der Waals surface area contributed by atoms with Crippen molar-refractivity contribution in [1.29, 1.82) is 0 Å². The zero-order chi connectivity index (χ0) is 14.4. The van der Waals surface area contributed by atoms with Crippen LogP contribution in [0.15, 0.2) is 24.3 Å². The number of nitrogens with one attached hydrogen (secondary N) is 2. The molecule has 102 valence electrons. The number of hydrogen-bond donors (Lipinski definition) is 4. The molecule has 19 heavy (non-hydrogen) atoms. The number of hydrogen-bond acceptors (Lipinski definition) is 5. The van der Waals surface area contributed by atoms with Crippen LogP contribution in [-0.4, -0.2) is 35.5 Å². The van der Waals surface area contributed by atoms with Gasteiger partial charge < -0.3 is 16.2 Å². The molecule has 0 radical (unpaired) electrons. The molecule has 1 unspecified atom stereocenters. The summed E-state index contributed by atoms with van der Waals surface area (Å²) in [5.74, 6) is -2.76. The number of benzene rings is 1. The van der Waals surface area contributed by atoms with E-state index in [4.69, 9.17) is 10.8 Å². The average molecular weight is 265 g/mol. The SMILES string of the molecule is CC(O)CNC(=O)C(=O)NC(=O)c1ccc(N)cc1. The van der Waals surface area contributed by atoms with Crippen LogP contribution in [0.2, 0.25) is 0 Å². The second kappa shape index (κ2) is 6.50. The lowest BCUT2D eigenvalue weighted by molar-refractivity contribution is -0.138. The van der Waals surface area contributed by atoms with Crippen LogP contribution in [0.1, 0.15) is 17.3 Å². The van der Waals surface area contributed by atoms with Gasteiger partial charge in [-0.15, -0.1) is 0 Å². The minimum Gasteiger partial charge on any atom is -0.399 e. The first-order valence-corrected chi connectivity index (χ1v) is 5.57. The van der Waals surface area contributed by atoms with E-state index in [1.807, 2.05) is 5.32 Å². The summed E-state index contributed by atoms with van der Waals surface area (Å²) < 4.78 is 0. The van der Waals surface area contributed by atoms with Crippen molar-refractivity contribution in [2.45, 2.75) is 13.0 Å². The van der Waals surface area contributed by atoms with Crippen LogP contribution in [0.25, 0.3) is 0 Å². The van der Waals surface area contributed by atoms with Crippen molar-refractivity contribution in [3.8, 4) is 0 Å². The van der Waals surface area contributed by atoms with Crippen molar-refractivity contribution in [2.24, 2.45) is 0 Å². The van der Waals surface area contributed by atoms with E-state index in [2.05, 4.69) is 5.32 Å². The normalized spacial score (nSPS) is 11.5. The molecule has 3 amide bonds. The molecule has 1 rings (SSSR count). The van der Waals surface area contributed by atoms with Gasteiger partial charge >= 0.3 is 11.8 Å². The van der Waals surface area contributed by atoms with Crippen LogP contribution in [0.4, 0.5) is 5.69 Å². The molecule has 0 aliphatic heterocycles. The molecular formula is C12H15N3O4. The minimum atomic E-state index is -1.08. The number of imide groups is 1. The summed E-state index contributed by atoms with van der Waals surface area (Å²) in [5.41, 5.74) is 6.16. The van der Waals surface area contributed by atoms with Gasteiger partial charge in [-0.05, 0) is 31.2 Å². The van der Waals surface area contributed by atoms with Crippen molar-refractivity contribution < 1.29 is 19.5 Å². The monoisotopic (exact) mass is 265 g/mol. The molecule has 0 fully saturated rings. The third kappa shape index (κ3) is 4.76. The van der Waals surface area contributed by atoms with Gasteiger partial charge in [0.25, 0.3) is 5.91 Å². The van der Waals surface area contributed by atoms with Crippen molar-refractivity contribution in [3.05, 3.63) is 29.8 Å². The van der Waals surface area contributed by atoms with Gasteiger partial charge in [-0.2, -0.15) is 0 Å². The molecule has 5 N–H and O–H groups in total. The summed E-state index contributed by atoms with van der Waals surface area (Å²) in [4.78, 5) is 34.2. The van der Waals surface area contributed by atoms with Gasteiger partial charge in [0.2, 0.25) is 0 Å². The first-order valence-electron chi connectivity index (χ1n) is 5.57. The Labute approximate surface area is 109 Å². The lowest BCUT2D eigenvalue weighted by atomic mass is 10.2. The average Bonchev–Trinajstić information content (AvgIpc) is 2.36. The maximum Gasteiger partial charge on any atom is 0.316 e. The summed E-state index contributed by atoms with van der Waals surface area (Å²) in [5, 5.41) is 13.0. The molecule has 0 heterocycles. The number of nitrogen functional groups attached to an aromatic ring is 1. The van der Waals surface area contributed by atoms with E-state index in [1.165, 1.54) is 31.2 Å². The van der Waals surface area contributed by atoms with Crippen molar-refractivity contribution in [1.82, 2.24) is 10.6 Å². The highest BCUT2D eigenvalue weighted by molar-refractivity contribution is 6.38. The number of amides is 3. The molecule has 0 saturated heterocycles. The fourth-order valence-corrected chi connectivity index (χ4v) is 1.19. The Hall–Kier alpha value is -2.41. The quantitative estimate of drug-likeness (QED) is 0.413. The predicted octanol–water partition coefficient (Wildman–Crippen LogP) is -0.978. The van der Waals surface area contributed by atoms with Crippen molar-refractivity contribution >= 4 is 23.4 Å². The third-order valence-corrected chi connectivity index (χ3v) is 2.16. The lowest BCUT2D eigenvalue weighted by Gasteiger charge is -2.07. The maximum absolute atomic E-state index is 11.6. The summed E-state index contributed by atoms with van der Waals surface area (Å²) in [6.07, 6.45) is -0.774. The molecule has 1 aromatic rings. The molecule has 0 saturated carbocycles. The van der Waals surface area contributed by atoms with E-state index in [0.717, 1.165) is 0 Å². The van der Waals surface area contributed by atoms with E-state index in [9.17, 15) is 14.4 Å². The number of aliphatic hydroxyl groups is 1. The van der Waals surface area contributed by atoms with E-state index in [0.29, 0.717) is 5.69 Å². The van der Waals surface area contributed by atoms with Gasteiger partial charge in [-0.1, -0.05) is 0 Å². The maximum atomic E-state index is 11.6. The van der Waals surface area contributed by atoms with Crippen LogP contribution < -0.4 is 16.4 Å². The zero-order valence-electron chi connectivity index (χ0n) is 10.3. The topological polar surface area (TPSA) is 122 Å². The van der Waals surface area contributed by atoms with Gasteiger partial charge in [-0.3, -0.25) is 19.7 Å². The fraction of sp³-hybridized carbons (Fsp3) is 0.250. The number of aliphatic hydroxyl groups excluding tert-OH is 1. The van der Waals surface area contributed by atoms with Gasteiger partial charge in [0.1, 0.15) is 0 Å². The van der Waals surface area contributed by atoms with Crippen LogP contribution in [0, 0.1) is 0 Å². The number of rotatable bonds is 3. The molecule has 0 bridgehead atoms. The Bertz CT molecular complexity index is 482. The van der Waals surface area contributed by atoms with Crippen LogP contribution in [-0.2, 0) is 9.59 Å². The molecule has 7 heteroatoms. The molecule has 0 aliphatic rings. The van der Waals surface area contributed by atoms with Gasteiger partial charge in [0.15, 0.2) is 0 Å². The highest BCUT2D eigenvalue weighted by Gasteiger charge is 2.17. The summed E-state index contributed by atoms with van der Waals surface area (Å²) >= 11 is 0. The first kappa shape index (κ1) is 14.7. The zero-order valence-corrected chi connectivity index (χ0v) is 10.3. The number of nitrogens with two attached hydrogens (primary N) is 1. The second-order valence-corrected chi connectivity index (χ2v) is 3.96. The van der Waals surface area contributed by atoms with Gasteiger partial charge in [-0.25, -0.2) is 0 Å². The van der Waals surface area contributed by atoms with Gasteiger partial charge in [0.05, 0.1) is 6.10 Å². The summed E-state index contributed by atoms with van der Waals surface area (Å²) in [6, 6.07) is 5.89. The second-order valence-electron chi connectivity index (χ2n) is 3.96. The van der Waals surface area contributed by atoms with Crippen LogP contribution in [0.3, 0.4) is 0 Å². The number of carbonyl (C=O) groups excluding carboxylic acids is 3. The Morgan fingerprint density at radius 1 is 1.21 bits per heavy atom. The largest absolute Gasteiger partial charge is 0.399 e. The molecule has 0 aromatic heterocycles. The molecule has 0 aliphatic carbocycles. The standard InChI is InChI=1S/C12H15N3O4/c1-7(16)6-14-11(18)12(19)15-10(17)8-2-4-9(13)5-3-8/h2-5,7,16H,6,13H2,1H3,(H,14,18)(H,15,17,19). The first-order chi connectivity index (χ1) is 8.90. The van der Waals surface area contributed by atoms with Gasteiger partial charge in [0, 0.05) is 17.8 Å². The van der Waals surface area contributed by atoms with Crippen molar-refractivity contribution in [3.63, 3.8) is 0 Å². The Morgan fingerprint density at radius 3 is 2.32 bits per heavy atom. The molecular weight excluding hydrogens is 250 g/mol. The van der Waals surface area contributed by atoms with Crippen LogP contribution >= 0.6 is 0 Å². The van der Waals surface area contributed by atoms with E-state index >= 15 is 0 Å². The number of carbonyl (C=O) groups is 3. The highest BCUT2D eigenvalue weighted by Crippen LogP contribution is 2.04. The Balaban J connectivity index is 2.54. The molecule has 7 nitrogen and oxygen atoms in total. The van der Waals surface area contributed by atoms with E-state index in [1.54, 1.807) is 0 Å². The highest BCUT2D eigenvalue weighted by atomic mass is 16.3. The van der Waals surface area contributed by atoms with Crippen LogP contribution in [0.5, 0.6) is 0 Å². The van der Waals surface area contributed by atoms with E-state index in [-0.39, 0.29) is 12.1 Å². The fourth-order valence-electron chi connectivity index (χ4n) is 1.19. The molecule has 0 spiro atoms. The number of anilines is 1. The minimum absolute atomic E-state index is 0.0671. The van der Waals surface area contributed by atoms with E-state index < -0.39 is 23.8 Å². The molecule has 1 aromatic carbocycles. The summed E-state index contributed by atoms with van der Waals surface area (Å²) in [7, 11) is 0. The predicted molar refractivity (Wildman–Crippen MR) is 68.0 cm³/mol. The third-order valence-electron chi connectivity index (χ3n) is 2.16. The Morgan fingerprint density at radius 2 is 1.79 bits per heavy atom.